The Morgan fingerprint density at radius 1 is 1.15 bits per heavy atom. The summed E-state index contributed by atoms with van der Waals surface area (Å²) >= 11 is 0. The van der Waals surface area contributed by atoms with Crippen LogP contribution in [-0.4, -0.2) is 12.5 Å². The zero-order chi connectivity index (χ0) is 14.4. The summed E-state index contributed by atoms with van der Waals surface area (Å²) in [7, 11) is 0. The maximum Gasteiger partial charge on any atom is 0.239 e. The van der Waals surface area contributed by atoms with E-state index >= 15 is 0 Å². The molecule has 0 aliphatic carbocycles. The first-order chi connectivity index (χ1) is 9.65. The molecule has 20 heavy (non-hydrogen) atoms. The third-order valence-corrected chi connectivity index (χ3v) is 2.95. The van der Waals surface area contributed by atoms with Gasteiger partial charge in [0.05, 0.1) is 12.6 Å². The molecule has 2 N–H and O–H groups in total. The standard InChI is InChI=1S/C16H17FN2O/c1-12(13-6-3-2-4-7-13)19-16(20)11-18-15-9-5-8-14(17)10-15/h2-10,12,18H,11H2,1H3,(H,19,20)/t12-/m0/s1. The van der Waals surface area contributed by atoms with E-state index in [4.69, 9.17) is 0 Å². The SMILES string of the molecule is C[C@H](NC(=O)CNc1cccc(F)c1)c1ccccc1. The van der Waals surface area contributed by atoms with Crippen LogP contribution >= 0.6 is 0 Å². The Hall–Kier alpha value is -2.36. The number of benzene rings is 2. The second-order valence-corrected chi connectivity index (χ2v) is 4.56. The average Bonchev–Trinajstić information content (AvgIpc) is 2.46. The van der Waals surface area contributed by atoms with Crippen LogP contribution in [0.1, 0.15) is 18.5 Å². The molecule has 0 fully saturated rings. The number of hydrogen-bond acceptors (Lipinski definition) is 2. The Kier molecular flexibility index (Phi) is 4.71. The molecule has 0 saturated carbocycles. The highest BCUT2D eigenvalue weighted by Gasteiger charge is 2.08. The van der Waals surface area contributed by atoms with Gasteiger partial charge in [0.2, 0.25) is 5.91 Å². The van der Waals surface area contributed by atoms with E-state index in [0.717, 1.165) is 5.56 Å². The molecule has 2 aromatic rings. The molecule has 0 heterocycles. The highest BCUT2D eigenvalue weighted by molar-refractivity contribution is 5.81. The lowest BCUT2D eigenvalue weighted by molar-refractivity contribution is -0.120. The van der Waals surface area contributed by atoms with Crippen LogP contribution in [-0.2, 0) is 4.79 Å². The number of anilines is 1. The van der Waals surface area contributed by atoms with Crippen molar-refractivity contribution in [3.63, 3.8) is 0 Å². The topological polar surface area (TPSA) is 41.1 Å². The van der Waals surface area contributed by atoms with Crippen LogP contribution in [0.5, 0.6) is 0 Å². The number of hydrogen-bond donors (Lipinski definition) is 2. The van der Waals surface area contributed by atoms with E-state index in [-0.39, 0.29) is 24.3 Å². The molecule has 2 rings (SSSR count). The summed E-state index contributed by atoms with van der Waals surface area (Å²) in [5.41, 5.74) is 1.64. The number of carbonyl (C=O) groups is 1. The van der Waals surface area contributed by atoms with Gasteiger partial charge in [-0.1, -0.05) is 36.4 Å². The van der Waals surface area contributed by atoms with E-state index in [2.05, 4.69) is 10.6 Å². The minimum atomic E-state index is -0.326. The molecule has 2 aromatic carbocycles. The van der Waals surface area contributed by atoms with E-state index in [1.807, 2.05) is 37.3 Å². The Morgan fingerprint density at radius 2 is 1.90 bits per heavy atom. The van der Waals surface area contributed by atoms with Gasteiger partial charge < -0.3 is 10.6 Å². The Balaban J connectivity index is 1.84. The zero-order valence-corrected chi connectivity index (χ0v) is 11.3. The maximum absolute atomic E-state index is 13.0. The Labute approximate surface area is 117 Å². The number of amides is 1. The van der Waals surface area contributed by atoms with Crippen LogP contribution in [0.2, 0.25) is 0 Å². The molecule has 0 unspecified atom stereocenters. The summed E-state index contributed by atoms with van der Waals surface area (Å²) < 4.78 is 13.0. The summed E-state index contributed by atoms with van der Waals surface area (Å²) in [5, 5.41) is 5.78. The largest absolute Gasteiger partial charge is 0.376 e. The van der Waals surface area contributed by atoms with Crippen molar-refractivity contribution in [3.05, 3.63) is 66.0 Å². The van der Waals surface area contributed by atoms with Crippen LogP contribution in [0.3, 0.4) is 0 Å². The normalized spacial score (nSPS) is 11.7. The molecule has 1 atom stereocenters. The van der Waals surface area contributed by atoms with Gasteiger partial charge in [-0.25, -0.2) is 4.39 Å². The predicted molar refractivity (Wildman–Crippen MR) is 77.9 cm³/mol. The van der Waals surface area contributed by atoms with Gasteiger partial charge in [0.25, 0.3) is 0 Å². The Bertz CT molecular complexity index is 572. The van der Waals surface area contributed by atoms with Crippen molar-refractivity contribution in [2.24, 2.45) is 0 Å². The van der Waals surface area contributed by atoms with Crippen molar-refractivity contribution in [3.8, 4) is 0 Å². The summed E-state index contributed by atoms with van der Waals surface area (Å²) in [6.45, 7) is 2.04. The average molecular weight is 272 g/mol. The lowest BCUT2D eigenvalue weighted by Crippen LogP contribution is -2.32. The molecule has 0 spiro atoms. The molecule has 0 aliphatic rings. The smallest absolute Gasteiger partial charge is 0.239 e. The third-order valence-electron chi connectivity index (χ3n) is 2.95. The minimum absolute atomic E-state index is 0.0574. The van der Waals surface area contributed by atoms with E-state index < -0.39 is 0 Å². The summed E-state index contributed by atoms with van der Waals surface area (Å²) in [6.07, 6.45) is 0. The van der Waals surface area contributed by atoms with Gasteiger partial charge >= 0.3 is 0 Å². The van der Waals surface area contributed by atoms with E-state index in [1.165, 1.54) is 12.1 Å². The fourth-order valence-electron chi connectivity index (χ4n) is 1.90. The van der Waals surface area contributed by atoms with Crippen LogP contribution in [0, 0.1) is 5.82 Å². The first kappa shape index (κ1) is 14.1. The van der Waals surface area contributed by atoms with Gasteiger partial charge in [-0.3, -0.25) is 4.79 Å². The molecular weight excluding hydrogens is 255 g/mol. The van der Waals surface area contributed by atoms with E-state index in [9.17, 15) is 9.18 Å². The molecule has 4 heteroatoms. The van der Waals surface area contributed by atoms with Gasteiger partial charge in [0, 0.05) is 5.69 Å². The van der Waals surface area contributed by atoms with Crippen LogP contribution < -0.4 is 10.6 Å². The summed E-state index contributed by atoms with van der Waals surface area (Å²) in [6, 6.07) is 15.7. The molecular formula is C16H17FN2O. The van der Waals surface area contributed by atoms with Gasteiger partial charge in [-0.05, 0) is 30.7 Å². The first-order valence-corrected chi connectivity index (χ1v) is 6.49. The molecule has 3 nitrogen and oxygen atoms in total. The van der Waals surface area contributed by atoms with Crippen molar-refractivity contribution >= 4 is 11.6 Å². The molecule has 0 bridgehead atoms. The lowest BCUT2D eigenvalue weighted by Gasteiger charge is -2.15. The van der Waals surface area contributed by atoms with Crippen molar-refractivity contribution < 1.29 is 9.18 Å². The van der Waals surface area contributed by atoms with E-state index in [1.54, 1.807) is 12.1 Å². The van der Waals surface area contributed by atoms with Crippen molar-refractivity contribution in [1.29, 1.82) is 0 Å². The number of halogens is 1. The summed E-state index contributed by atoms with van der Waals surface area (Å²) in [4.78, 5) is 11.8. The van der Waals surface area contributed by atoms with Gasteiger partial charge in [0.15, 0.2) is 0 Å². The predicted octanol–water partition coefficient (Wildman–Crippen LogP) is 3.12. The van der Waals surface area contributed by atoms with Crippen molar-refractivity contribution in [1.82, 2.24) is 5.32 Å². The maximum atomic E-state index is 13.0. The highest BCUT2D eigenvalue weighted by atomic mass is 19.1. The monoisotopic (exact) mass is 272 g/mol. The second-order valence-electron chi connectivity index (χ2n) is 4.56. The van der Waals surface area contributed by atoms with Gasteiger partial charge in [-0.2, -0.15) is 0 Å². The van der Waals surface area contributed by atoms with Crippen LogP contribution in [0.15, 0.2) is 54.6 Å². The molecule has 104 valence electrons. The second kappa shape index (κ2) is 6.70. The zero-order valence-electron chi connectivity index (χ0n) is 11.3. The van der Waals surface area contributed by atoms with E-state index in [0.29, 0.717) is 5.69 Å². The fraction of sp³-hybridized carbons (Fsp3) is 0.188. The lowest BCUT2D eigenvalue weighted by atomic mass is 10.1. The van der Waals surface area contributed by atoms with Crippen LogP contribution in [0.25, 0.3) is 0 Å². The van der Waals surface area contributed by atoms with Crippen molar-refractivity contribution in [2.45, 2.75) is 13.0 Å². The molecule has 0 saturated heterocycles. The molecule has 1 amide bonds. The van der Waals surface area contributed by atoms with Crippen molar-refractivity contribution in [2.75, 3.05) is 11.9 Å². The van der Waals surface area contributed by atoms with Gasteiger partial charge in [-0.15, -0.1) is 0 Å². The number of nitrogens with one attached hydrogen (secondary N) is 2. The quantitative estimate of drug-likeness (QED) is 0.878. The molecule has 0 radical (unpaired) electrons. The minimum Gasteiger partial charge on any atom is -0.376 e. The molecule has 0 aliphatic heterocycles. The number of rotatable bonds is 5. The number of carbonyl (C=O) groups excluding carboxylic acids is 1. The van der Waals surface area contributed by atoms with Gasteiger partial charge in [0.1, 0.15) is 5.82 Å². The molecule has 0 aromatic heterocycles. The van der Waals surface area contributed by atoms with Crippen LogP contribution in [0.4, 0.5) is 10.1 Å². The third kappa shape index (κ3) is 4.09. The summed E-state index contributed by atoms with van der Waals surface area (Å²) in [5.74, 6) is -0.460. The Morgan fingerprint density at radius 3 is 2.60 bits per heavy atom. The highest BCUT2D eigenvalue weighted by Crippen LogP contribution is 2.11. The fourth-order valence-corrected chi connectivity index (χ4v) is 1.90. The first-order valence-electron chi connectivity index (χ1n) is 6.49.